The number of likely N-dealkylation sites (tertiary alicyclic amines) is 1. The molecule has 1 N–H and O–H groups in total. The number of pyridine rings is 1. The molecule has 3 rings (SSSR count). The number of amides is 1. The summed E-state index contributed by atoms with van der Waals surface area (Å²) in [7, 11) is 0. The molecule has 122 valence electrons. The van der Waals surface area contributed by atoms with Gasteiger partial charge < -0.3 is 14.4 Å². The number of H-pyrrole nitrogens is 1. The molecule has 1 saturated heterocycles. The van der Waals surface area contributed by atoms with Crippen LogP contribution in [0.3, 0.4) is 0 Å². The number of nitrogens with zero attached hydrogens (tertiary/aromatic N) is 3. The lowest BCUT2D eigenvalue weighted by atomic mass is 10.1. The van der Waals surface area contributed by atoms with E-state index >= 15 is 0 Å². The minimum Gasteiger partial charge on any atom is -0.366 e. The third-order valence-electron chi connectivity index (χ3n) is 4.22. The molecule has 3 heterocycles. The second kappa shape index (κ2) is 6.36. The molecule has 23 heavy (non-hydrogen) atoms. The quantitative estimate of drug-likeness (QED) is 0.916. The molecule has 1 aliphatic rings. The second-order valence-corrected chi connectivity index (χ2v) is 5.92. The average Bonchev–Trinajstić information content (AvgIpc) is 2.82. The van der Waals surface area contributed by atoms with E-state index in [2.05, 4.69) is 15.1 Å². The van der Waals surface area contributed by atoms with Crippen molar-refractivity contribution in [1.29, 1.82) is 0 Å². The highest BCUT2D eigenvalue weighted by Gasteiger charge is 2.31. The molecule has 1 unspecified atom stereocenters. The standard InChI is InChI=1S/C16H20N4O3/c1-10-8-17-9-12(14(10)21)16(22)20-7-5-3-4-6-13(20)15-18-11(2)23-19-15/h8-9,13H,3-7H2,1-2H3,(H,17,21). The lowest BCUT2D eigenvalue weighted by Crippen LogP contribution is -2.38. The van der Waals surface area contributed by atoms with E-state index in [4.69, 9.17) is 4.52 Å². The van der Waals surface area contributed by atoms with E-state index in [0.29, 0.717) is 23.8 Å². The van der Waals surface area contributed by atoms with Crippen molar-refractivity contribution in [2.75, 3.05) is 6.54 Å². The molecule has 1 fully saturated rings. The van der Waals surface area contributed by atoms with Crippen LogP contribution < -0.4 is 5.43 Å². The van der Waals surface area contributed by atoms with Crippen LogP contribution in [0.4, 0.5) is 0 Å². The minimum atomic E-state index is -0.274. The maximum absolute atomic E-state index is 12.9. The zero-order chi connectivity index (χ0) is 16.4. The molecule has 1 atom stereocenters. The van der Waals surface area contributed by atoms with E-state index < -0.39 is 0 Å². The number of hydrogen-bond acceptors (Lipinski definition) is 5. The van der Waals surface area contributed by atoms with Gasteiger partial charge in [0.25, 0.3) is 5.91 Å². The smallest absolute Gasteiger partial charge is 0.259 e. The largest absolute Gasteiger partial charge is 0.366 e. The molecule has 0 radical (unpaired) electrons. The summed E-state index contributed by atoms with van der Waals surface area (Å²) >= 11 is 0. The average molecular weight is 316 g/mol. The number of carbonyl (C=O) groups excluding carboxylic acids is 1. The Bertz CT molecular complexity index is 765. The van der Waals surface area contributed by atoms with Crippen LogP contribution in [-0.4, -0.2) is 32.5 Å². The molecule has 0 aliphatic carbocycles. The molecule has 7 nitrogen and oxygen atoms in total. The first kappa shape index (κ1) is 15.5. The lowest BCUT2D eigenvalue weighted by molar-refractivity contribution is 0.0668. The van der Waals surface area contributed by atoms with Gasteiger partial charge in [-0.3, -0.25) is 9.59 Å². The van der Waals surface area contributed by atoms with E-state index in [1.807, 2.05) is 0 Å². The lowest BCUT2D eigenvalue weighted by Gasteiger charge is -2.27. The summed E-state index contributed by atoms with van der Waals surface area (Å²) in [5, 5.41) is 3.98. The van der Waals surface area contributed by atoms with Crippen LogP contribution in [0.5, 0.6) is 0 Å². The van der Waals surface area contributed by atoms with Crippen molar-refractivity contribution >= 4 is 5.91 Å². The highest BCUT2D eigenvalue weighted by molar-refractivity contribution is 5.94. The van der Waals surface area contributed by atoms with Crippen molar-refractivity contribution in [3.8, 4) is 0 Å². The normalized spacial score (nSPS) is 18.7. The number of aromatic nitrogens is 3. The van der Waals surface area contributed by atoms with Crippen molar-refractivity contribution in [3.05, 3.63) is 45.5 Å². The van der Waals surface area contributed by atoms with E-state index in [1.165, 1.54) is 6.20 Å². The Hall–Kier alpha value is -2.44. The number of aromatic amines is 1. The predicted molar refractivity (Wildman–Crippen MR) is 83.1 cm³/mol. The van der Waals surface area contributed by atoms with Crippen LogP contribution in [0, 0.1) is 13.8 Å². The summed E-state index contributed by atoms with van der Waals surface area (Å²) in [6, 6.07) is -0.248. The van der Waals surface area contributed by atoms with Gasteiger partial charge in [0.1, 0.15) is 5.56 Å². The predicted octanol–water partition coefficient (Wildman–Crippen LogP) is 2.13. The highest BCUT2D eigenvalue weighted by atomic mass is 16.5. The van der Waals surface area contributed by atoms with Crippen LogP contribution in [0.1, 0.15) is 59.4 Å². The summed E-state index contributed by atoms with van der Waals surface area (Å²) in [4.78, 5) is 34.1. The van der Waals surface area contributed by atoms with Crippen molar-refractivity contribution in [3.63, 3.8) is 0 Å². The van der Waals surface area contributed by atoms with Gasteiger partial charge in [-0.25, -0.2) is 0 Å². The van der Waals surface area contributed by atoms with Crippen molar-refractivity contribution in [2.45, 2.75) is 45.6 Å². The Morgan fingerprint density at radius 3 is 2.87 bits per heavy atom. The Labute approximate surface area is 133 Å². The minimum absolute atomic E-state index is 0.164. The van der Waals surface area contributed by atoms with Gasteiger partial charge in [0.2, 0.25) is 5.89 Å². The Kier molecular flexibility index (Phi) is 4.27. The van der Waals surface area contributed by atoms with Gasteiger partial charge in [0, 0.05) is 31.4 Å². The van der Waals surface area contributed by atoms with Crippen LogP contribution in [0.2, 0.25) is 0 Å². The Morgan fingerprint density at radius 1 is 1.30 bits per heavy atom. The first-order valence-electron chi connectivity index (χ1n) is 7.87. The first-order valence-corrected chi connectivity index (χ1v) is 7.87. The molecular weight excluding hydrogens is 296 g/mol. The molecule has 7 heteroatoms. The number of carbonyl (C=O) groups is 1. The van der Waals surface area contributed by atoms with Crippen molar-refractivity contribution in [2.24, 2.45) is 0 Å². The van der Waals surface area contributed by atoms with Gasteiger partial charge in [0.15, 0.2) is 11.3 Å². The third kappa shape index (κ3) is 3.04. The first-order chi connectivity index (χ1) is 11.1. The Balaban J connectivity index is 1.97. The van der Waals surface area contributed by atoms with Crippen LogP contribution in [-0.2, 0) is 0 Å². The second-order valence-electron chi connectivity index (χ2n) is 5.92. The SMILES string of the molecule is Cc1nc(C2CCCCCN2C(=O)c2c[nH]cc(C)c2=O)no1. The zero-order valence-electron chi connectivity index (χ0n) is 13.3. The van der Waals surface area contributed by atoms with Gasteiger partial charge in [-0.1, -0.05) is 18.0 Å². The van der Waals surface area contributed by atoms with E-state index in [-0.39, 0.29) is 22.9 Å². The number of hydrogen-bond donors (Lipinski definition) is 1. The molecule has 0 spiro atoms. The third-order valence-corrected chi connectivity index (χ3v) is 4.22. The van der Waals surface area contributed by atoms with E-state index in [9.17, 15) is 9.59 Å². The highest BCUT2D eigenvalue weighted by Crippen LogP contribution is 2.29. The van der Waals surface area contributed by atoms with E-state index in [0.717, 1.165) is 25.7 Å². The fraction of sp³-hybridized carbons (Fsp3) is 0.500. The van der Waals surface area contributed by atoms with Gasteiger partial charge >= 0.3 is 0 Å². The van der Waals surface area contributed by atoms with Gasteiger partial charge in [-0.05, 0) is 19.8 Å². The molecule has 0 aromatic carbocycles. The number of nitrogens with one attached hydrogen (secondary N) is 1. The number of rotatable bonds is 2. The topological polar surface area (TPSA) is 92.1 Å². The van der Waals surface area contributed by atoms with Crippen LogP contribution in [0.15, 0.2) is 21.7 Å². The monoisotopic (exact) mass is 316 g/mol. The van der Waals surface area contributed by atoms with Crippen molar-refractivity contribution in [1.82, 2.24) is 20.0 Å². The molecule has 2 aromatic heterocycles. The summed E-state index contributed by atoms with van der Waals surface area (Å²) in [6.07, 6.45) is 6.79. The maximum atomic E-state index is 12.9. The number of aryl methyl sites for hydroxylation is 2. The van der Waals surface area contributed by atoms with Crippen LogP contribution in [0.25, 0.3) is 0 Å². The molecule has 0 saturated carbocycles. The summed E-state index contributed by atoms with van der Waals surface area (Å²) in [5.74, 6) is 0.719. The fourth-order valence-corrected chi connectivity index (χ4v) is 2.98. The summed E-state index contributed by atoms with van der Waals surface area (Å²) in [6.45, 7) is 4.01. The molecular formula is C16H20N4O3. The van der Waals surface area contributed by atoms with Gasteiger partial charge in [-0.15, -0.1) is 0 Å². The maximum Gasteiger partial charge on any atom is 0.259 e. The zero-order valence-corrected chi connectivity index (χ0v) is 13.3. The fourth-order valence-electron chi connectivity index (χ4n) is 2.98. The van der Waals surface area contributed by atoms with Crippen LogP contribution >= 0.6 is 0 Å². The molecule has 1 amide bonds. The Morgan fingerprint density at radius 2 is 2.13 bits per heavy atom. The van der Waals surface area contributed by atoms with Crippen molar-refractivity contribution < 1.29 is 9.32 Å². The summed E-state index contributed by atoms with van der Waals surface area (Å²) in [5.41, 5.74) is 0.454. The summed E-state index contributed by atoms with van der Waals surface area (Å²) < 4.78 is 5.07. The van der Waals surface area contributed by atoms with Gasteiger partial charge in [0.05, 0.1) is 6.04 Å². The van der Waals surface area contributed by atoms with E-state index in [1.54, 1.807) is 24.9 Å². The van der Waals surface area contributed by atoms with Gasteiger partial charge in [-0.2, -0.15) is 4.98 Å². The molecule has 2 aromatic rings. The molecule has 0 bridgehead atoms. The molecule has 1 aliphatic heterocycles.